The molecule has 0 bridgehead atoms. The number of rotatable bonds is 4. The molecule has 0 spiro atoms. The van der Waals surface area contributed by atoms with Gasteiger partial charge < -0.3 is 15.0 Å². The molecule has 1 N–H and O–H groups in total. The van der Waals surface area contributed by atoms with Gasteiger partial charge >= 0.3 is 0 Å². The summed E-state index contributed by atoms with van der Waals surface area (Å²) in [4.78, 5) is 2.62. The van der Waals surface area contributed by atoms with Crippen LogP contribution in [0.4, 0.5) is 0 Å². The molecule has 1 aliphatic heterocycles. The molecular formula is C16H32N2O. The lowest BCUT2D eigenvalue weighted by atomic mass is 9.64. The highest BCUT2D eigenvalue weighted by Gasteiger charge is 2.48. The highest BCUT2D eigenvalue weighted by atomic mass is 16.5. The van der Waals surface area contributed by atoms with Crippen LogP contribution in [0.2, 0.25) is 0 Å². The second-order valence-electron chi connectivity index (χ2n) is 7.26. The van der Waals surface area contributed by atoms with Crippen molar-refractivity contribution in [3.63, 3.8) is 0 Å². The third-order valence-corrected chi connectivity index (χ3v) is 5.39. The molecule has 2 rings (SSSR count). The Hall–Kier alpha value is -0.120. The molecule has 3 unspecified atom stereocenters. The Morgan fingerprint density at radius 1 is 1.21 bits per heavy atom. The topological polar surface area (TPSA) is 24.5 Å². The maximum Gasteiger partial charge on any atom is 0.0652 e. The lowest BCUT2D eigenvalue weighted by Crippen LogP contribution is -2.62. The summed E-state index contributed by atoms with van der Waals surface area (Å²) in [6.07, 6.45) is 5.56. The van der Waals surface area contributed by atoms with Crippen molar-refractivity contribution in [1.82, 2.24) is 10.2 Å². The largest absolute Gasteiger partial charge is 0.381 e. The summed E-state index contributed by atoms with van der Waals surface area (Å²) in [5.74, 6) is 0. The van der Waals surface area contributed by atoms with E-state index in [9.17, 15) is 0 Å². The van der Waals surface area contributed by atoms with E-state index in [0.717, 1.165) is 0 Å². The number of likely N-dealkylation sites (tertiary alicyclic amines) is 1. The minimum Gasteiger partial charge on any atom is -0.381 e. The summed E-state index contributed by atoms with van der Waals surface area (Å²) in [6, 6.07) is 2.02. The molecule has 2 fully saturated rings. The van der Waals surface area contributed by atoms with Gasteiger partial charge in [-0.25, -0.2) is 0 Å². The van der Waals surface area contributed by atoms with Gasteiger partial charge in [0.15, 0.2) is 0 Å². The SMILES string of the molecule is COC1CC(NC2CCCN(C(C)C)CC2)C1(C)C. The van der Waals surface area contributed by atoms with Crippen LogP contribution < -0.4 is 5.32 Å². The Bertz CT molecular complexity index is 290. The molecule has 1 heterocycles. The van der Waals surface area contributed by atoms with Crippen LogP contribution in [-0.4, -0.2) is 49.3 Å². The minimum atomic E-state index is 0.290. The van der Waals surface area contributed by atoms with Crippen LogP contribution in [0.25, 0.3) is 0 Å². The van der Waals surface area contributed by atoms with E-state index in [0.29, 0.717) is 29.6 Å². The molecule has 1 aliphatic carbocycles. The van der Waals surface area contributed by atoms with Crippen LogP contribution in [0.1, 0.15) is 53.4 Å². The summed E-state index contributed by atoms with van der Waals surface area (Å²) in [5, 5.41) is 3.90. The smallest absolute Gasteiger partial charge is 0.0652 e. The number of methoxy groups -OCH3 is 1. The van der Waals surface area contributed by atoms with Gasteiger partial charge in [0.2, 0.25) is 0 Å². The highest BCUT2D eigenvalue weighted by molar-refractivity contribution is 5.03. The highest BCUT2D eigenvalue weighted by Crippen LogP contribution is 2.42. The zero-order valence-electron chi connectivity index (χ0n) is 13.4. The van der Waals surface area contributed by atoms with Crippen molar-refractivity contribution in [3.05, 3.63) is 0 Å². The first-order chi connectivity index (χ1) is 8.95. The van der Waals surface area contributed by atoms with E-state index in [-0.39, 0.29) is 0 Å². The van der Waals surface area contributed by atoms with Gasteiger partial charge in [0, 0.05) is 30.7 Å². The first-order valence-electron chi connectivity index (χ1n) is 7.98. The molecule has 0 aromatic heterocycles. The summed E-state index contributed by atoms with van der Waals surface area (Å²) in [7, 11) is 1.84. The monoisotopic (exact) mass is 268 g/mol. The first-order valence-corrected chi connectivity index (χ1v) is 7.98. The van der Waals surface area contributed by atoms with E-state index in [4.69, 9.17) is 4.74 Å². The van der Waals surface area contributed by atoms with Gasteiger partial charge in [-0.1, -0.05) is 13.8 Å². The van der Waals surface area contributed by atoms with Gasteiger partial charge in [-0.3, -0.25) is 0 Å². The van der Waals surface area contributed by atoms with Gasteiger partial charge in [-0.05, 0) is 52.6 Å². The maximum absolute atomic E-state index is 5.55. The average Bonchev–Trinajstić information content (AvgIpc) is 2.59. The summed E-state index contributed by atoms with van der Waals surface area (Å²) in [6.45, 7) is 11.8. The molecule has 3 heteroatoms. The van der Waals surface area contributed by atoms with Gasteiger partial charge in [-0.15, -0.1) is 0 Å². The fraction of sp³-hybridized carbons (Fsp3) is 1.00. The van der Waals surface area contributed by atoms with Crippen molar-refractivity contribution in [1.29, 1.82) is 0 Å². The normalized spacial score (nSPS) is 36.0. The van der Waals surface area contributed by atoms with Crippen LogP contribution in [-0.2, 0) is 4.74 Å². The lowest BCUT2D eigenvalue weighted by Gasteiger charge is -2.52. The van der Waals surface area contributed by atoms with Gasteiger partial charge in [-0.2, -0.15) is 0 Å². The molecule has 112 valence electrons. The van der Waals surface area contributed by atoms with Crippen LogP contribution in [0, 0.1) is 5.41 Å². The van der Waals surface area contributed by atoms with Gasteiger partial charge in [0.05, 0.1) is 6.10 Å². The maximum atomic E-state index is 5.55. The van der Waals surface area contributed by atoms with E-state index in [1.807, 2.05) is 7.11 Å². The van der Waals surface area contributed by atoms with Crippen molar-refractivity contribution in [2.24, 2.45) is 5.41 Å². The Kier molecular flexibility index (Phi) is 4.91. The van der Waals surface area contributed by atoms with Crippen LogP contribution in [0.15, 0.2) is 0 Å². The van der Waals surface area contributed by atoms with Crippen molar-refractivity contribution < 1.29 is 4.74 Å². The minimum absolute atomic E-state index is 0.290. The molecule has 2 aliphatic rings. The average molecular weight is 268 g/mol. The molecule has 1 saturated carbocycles. The van der Waals surface area contributed by atoms with Crippen molar-refractivity contribution in [2.75, 3.05) is 20.2 Å². The van der Waals surface area contributed by atoms with E-state index < -0.39 is 0 Å². The van der Waals surface area contributed by atoms with E-state index in [1.165, 1.54) is 38.8 Å². The number of ether oxygens (including phenoxy) is 1. The molecule has 0 amide bonds. The molecular weight excluding hydrogens is 236 g/mol. The zero-order valence-corrected chi connectivity index (χ0v) is 13.4. The Labute approximate surface area is 119 Å². The van der Waals surface area contributed by atoms with E-state index in [2.05, 4.69) is 37.9 Å². The fourth-order valence-electron chi connectivity index (χ4n) is 3.65. The predicted octanol–water partition coefficient (Wildman–Crippen LogP) is 2.65. The molecule has 19 heavy (non-hydrogen) atoms. The summed E-state index contributed by atoms with van der Waals surface area (Å²) >= 11 is 0. The summed E-state index contributed by atoms with van der Waals surface area (Å²) in [5.41, 5.74) is 0.290. The van der Waals surface area contributed by atoms with Crippen molar-refractivity contribution in [2.45, 2.75) is 77.6 Å². The van der Waals surface area contributed by atoms with Crippen LogP contribution in [0.3, 0.4) is 0 Å². The molecule has 0 aromatic rings. The van der Waals surface area contributed by atoms with Gasteiger partial charge in [0.25, 0.3) is 0 Å². The Balaban J connectivity index is 1.81. The second kappa shape index (κ2) is 6.11. The quantitative estimate of drug-likeness (QED) is 0.848. The first kappa shape index (κ1) is 15.3. The lowest BCUT2D eigenvalue weighted by molar-refractivity contribution is -0.101. The molecule has 1 saturated heterocycles. The Morgan fingerprint density at radius 3 is 2.53 bits per heavy atom. The number of nitrogens with zero attached hydrogens (tertiary/aromatic N) is 1. The number of hydrogen-bond acceptors (Lipinski definition) is 3. The Morgan fingerprint density at radius 2 is 1.95 bits per heavy atom. The predicted molar refractivity (Wildman–Crippen MR) is 80.5 cm³/mol. The van der Waals surface area contributed by atoms with Crippen molar-refractivity contribution in [3.8, 4) is 0 Å². The fourth-order valence-corrected chi connectivity index (χ4v) is 3.65. The molecule has 0 aromatic carbocycles. The van der Waals surface area contributed by atoms with Crippen LogP contribution in [0.5, 0.6) is 0 Å². The zero-order chi connectivity index (χ0) is 14.0. The third kappa shape index (κ3) is 3.32. The van der Waals surface area contributed by atoms with Crippen molar-refractivity contribution >= 4 is 0 Å². The third-order valence-electron chi connectivity index (χ3n) is 5.39. The molecule has 3 atom stereocenters. The van der Waals surface area contributed by atoms with Crippen LogP contribution >= 0.6 is 0 Å². The van der Waals surface area contributed by atoms with Gasteiger partial charge in [0.1, 0.15) is 0 Å². The van der Waals surface area contributed by atoms with E-state index >= 15 is 0 Å². The standard InChI is InChI=1S/C16H32N2O/c1-12(2)18-9-6-7-13(8-10-18)17-14-11-15(19-5)16(14,3)4/h12-15,17H,6-11H2,1-5H3. The van der Waals surface area contributed by atoms with E-state index in [1.54, 1.807) is 0 Å². The number of nitrogens with one attached hydrogen (secondary N) is 1. The summed E-state index contributed by atoms with van der Waals surface area (Å²) < 4.78 is 5.55. The number of hydrogen-bond donors (Lipinski definition) is 1. The molecule has 0 radical (unpaired) electrons. The molecule has 3 nitrogen and oxygen atoms in total. The second-order valence-corrected chi connectivity index (χ2v) is 7.26.